The quantitative estimate of drug-likeness (QED) is 0.883. The monoisotopic (exact) mass is 350 g/mol. The Morgan fingerprint density at radius 2 is 1.62 bits per heavy atom. The second-order valence-electron chi connectivity index (χ2n) is 5.65. The number of anilines is 1. The molecule has 0 radical (unpaired) electrons. The standard InChI is InChI=1S/C19H18N4O3/c1-25-14-7-3-12(4-8-14)17-16(11-20)18(24)23-19(22-17)21-13-5-9-15(26-2)10-6-13/h3-10,16-17H,1-2H3,(H2,21,22,23,24). The highest BCUT2D eigenvalue weighted by Crippen LogP contribution is 2.30. The number of methoxy groups -OCH3 is 2. The number of carbonyl (C=O) groups is 1. The smallest absolute Gasteiger partial charge is 0.246 e. The van der Waals surface area contributed by atoms with Crippen LogP contribution in [-0.4, -0.2) is 26.1 Å². The molecule has 2 atom stereocenters. The molecule has 132 valence electrons. The van der Waals surface area contributed by atoms with Gasteiger partial charge in [-0.25, -0.2) is 4.99 Å². The maximum Gasteiger partial charge on any atom is 0.246 e. The van der Waals surface area contributed by atoms with Gasteiger partial charge < -0.3 is 14.8 Å². The van der Waals surface area contributed by atoms with Crippen molar-refractivity contribution in [3.05, 3.63) is 54.1 Å². The van der Waals surface area contributed by atoms with Gasteiger partial charge in [0.1, 0.15) is 17.5 Å². The molecule has 2 aromatic rings. The van der Waals surface area contributed by atoms with E-state index in [9.17, 15) is 10.1 Å². The van der Waals surface area contributed by atoms with Gasteiger partial charge in [0.05, 0.1) is 20.3 Å². The van der Waals surface area contributed by atoms with Crippen LogP contribution in [0.2, 0.25) is 0 Å². The lowest BCUT2D eigenvalue weighted by atomic mass is 9.92. The zero-order chi connectivity index (χ0) is 18.5. The fourth-order valence-corrected chi connectivity index (χ4v) is 2.66. The van der Waals surface area contributed by atoms with Gasteiger partial charge in [0.25, 0.3) is 0 Å². The lowest BCUT2D eigenvalue weighted by Crippen LogP contribution is -2.45. The minimum atomic E-state index is -0.898. The molecular formula is C19H18N4O3. The second-order valence-corrected chi connectivity index (χ2v) is 5.65. The van der Waals surface area contributed by atoms with Gasteiger partial charge in [-0.1, -0.05) is 12.1 Å². The topological polar surface area (TPSA) is 95.7 Å². The third-order valence-electron chi connectivity index (χ3n) is 4.06. The Hall–Kier alpha value is -3.53. The Morgan fingerprint density at radius 3 is 2.15 bits per heavy atom. The van der Waals surface area contributed by atoms with Crippen LogP contribution < -0.4 is 20.1 Å². The molecule has 7 nitrogen and oxygen atoms in total. The third kappa shape index (κ3) is 3.59. The van der Waals surface area contributed by atoms with Crippen molar-refractivity contribution in [1.82, 2.24) is 5.32 Å². The highest BCUT2D eigenvalue weighted by Gasteiger charge is 2.34. The molecule has 1 amide bonds. The average molecular weight is 350 g/mol. The summed E-state index contributed by atoms with van der Waals surface area (Å²) in [6, 6.07) is 15.8. The van der Waals surface area contributed by atoms with E-state index >= 15 is 0 Å². The van der Waals surface area contributed by atoms with Crippen LogP contribution >= 0.6 is 0 Å². The Bertz CT molecular complexity index is 854. The largest absolute Gasteiger partial charge is 0.497 e. The molecule has 1 aliphatic heterocycles. The van der Waals surface area contributed by atoms with Crippen LogP contribution in [0.25, 0.3) is 0 Å². The molecule has 0 saturated carbocycles. The molecule has 0 spiro atoms. The molecular weight excluding hydrogens is 332 g/mol. The normalized spacial score (nSPS) is 19.0. The van der Waals surface area contributed by atoms with Crippen molar-refractivity contribution in [3.63, 3.8) is 0 Å². The van der Waals surface area contributed by atoms with E-state index in [2.05, 4.69) is 15.6 Å². The number of benzene rings is 2. The molecule has 0 aliphatic carbocycles. The summed E-state index contributed by atoms with van der Waals surface area (Å²) in [6.45, 7) is 0. The van der Waals surface area contributed by atoms with Gasteiger partial charge in [-0.05, 0) is 42.0 Å². The van der Waals surface area contributed by atoms with Gasteiger partial charge in [-0.15, -0.1) is 0 Å². The van der Waals surface area contributed by atoms with E-state index in [1.54, 1.807) is 50.6 Å². The molecule has 1 heterocycles. The number of hydrogen-bond donors (Lipinski definition) is 2. The Kier molecular flexibility index (Phi) is 5.04. The van der Waals surface area contributed by atoms with E-state index in [4.69, 9.17) is 9.47 Å². The fourth-order valence-electron chi connectivity index (χ4n) is 2.66. The molecule has 7 heteroatoms. The third-order valence-corrected chi connectivity index (χ3v) is 4.06. The maximum absolute atomic E-state index is 12.3. The number of guanidine groups is 1. The molecule has 2 N–H and O–H groups in total. The van der Waals surface area contributed by atoms with Gasteiger partial charge in [-0.3, -0.25) is 10.1 Å². The number of nitriles is 1. The van der Waals surface area contributed by atoms with Crippen molar-refractivity contribution in [3.8, 4) is 17.6 Å². The van der Waals surface area contributed by atoms with Crippen molar-refractivity contribution >= 4 is 17.6 Å². The number of aliphatic imine (C=N–C) groups is 1. The molecule has 2 unspecified atom stereocenters. The molecule has 0 saturated heterocycles. The van der Waals surface area contributed by atoms with Gasteiger partial charge in [0.2, 0.25) is 11.9 Å². The van der Waals surface area contributed by atoms with E-state index in [1.807, 2.05) is 18.2 Å². The molecule has 1 aliphatic rings. The zero-order valence-electron chi connectivity index (χ0n) is 14.4. The van der Waals surface area contributed by atoms with Crippen molar-refractivity contribution in [2.75, 3.05) is 19.5 Å². The number of amides is 1. The van der Waals surface area contributed by atoms with Crippen molar-refractivity contribution in [2.45, 2.75) is 6.04 Å². The molecule has 3 rings (SSSR count). The summed E-state index contributed by atoms with van der Waals surface area (Å²) in [7, 11) is 3.17. The first kappa shape index (κ1) is 17.3. The number of carbonyl (C=O) groups excluding carboxylic acids is 1. The van der Waals surface area contributed by atoms with Crippen LogP contribution in [0.4, 0.5) is 5.69 Å². The first-order valence-electron chi connectivity index (χ1n) is 7.98. The minimum Gasteiger partial charge on any atom is -0.497 e. The minimum absolute atomic E-state index is 0.299. The fraction of sp³-hybridized carbons (Fsp3) is 0.211. The molecule has 2 aromatic carbocycles. The summed E-state index contributed by atoms with van der Waals surface area (Å²) in [5, 5.41) is 15.1. The van der Waals surface area contributed by atoms with E-state index < -0.39 is 12.0 Å². The van der Waals surface area contributed by atoms with Crippen LogP contribution in [0, 0.1) is 17.2 Å². The summed E-state index contributed by atoms with van der Waals surface area (Å²) in [4.78, 5) is 16.9. The lowest BCUT2D eigenvalue weighted by molar-refractivity contribution is -0.122. The van der Waals surface area contributed by atoms with Crippen LogP contribution in [0.15, 0.2) is 53.5 Å². The molecule has 26 heavy (non-hydrogen) atoms. The summed E-state index contributed by atoms with van der Waals surface area (Å²) >= 11 is 0. The second kappa shape index (κ2) is 7.57. The number of nitrogens with zero attached hydrogens (tertiary/aromatic N) is 2. The molecule has 0 fully saturated rings. The summed E-state index contributed by atoms with van der Waals surface area (Å²) in [5.74, 6) is 0.436. The molecule has 0 bridgehead atoms. The Morgan fingerprint density at radius 1 is 1.04 bits per heavy atom. The van der Waals surface area contributed by atoms with E-state index in [0.717, 1.165) is 17.0 Å². The number of ether oxygens (including phenoxy) is 2. The van der Waals surface area contributed by atoms with Crippen molar-refractivity contribution < 1.29 is 14.3 Å². The van der Waals surface area contributed by atoms with Gasteiger partial charge in [0.15, 0.2) is 5.92 Å². The Labute approximate surface area is 151 Å². The van der Waals surface area contributed by atoms with E-state index in [-0.39, 0.29) is 5.91 Å². The van der Waals surface area contributed by atoms with Crippen molar-refractivity contribution in [2.24, 2.45) is 10.9 Å². The average Bonchev–Trinajstić information content (AvgIpc) is 2.68. The maximum atomic E-state index is 12.3. The Balaban J connectivity index is 1.88. The van der Waals surface area contributed by atoms with Crippen LogP contribution in [0.3, 0.4) is 0 Å². The predicted octanol–water partition coefficient (Wildman–Crippen LogP) is 2.48. The summed E-state index contributed by atoms with van der Waals surface area (Å²) in [6.07, 6.45) is 0. The zero-order valence-corrected chi connectivity index (χ0v) is 14.4. The summed E-state index contributed by atoms with van der Waals surface area (Å²) < 4.78 is 10.3. The SMILES string of the molecule is COc1ccc(NC2=NC(c3ccc(OC)cc3)C(C#N)C(=O)N2)cc1. The van der Waals surface area contributed by atoms with E-state index in [1.165, 1.54) is 0 Å². The van der Waals surface area contributed by atoms with Crippen LogP contribution in [0.1, 0.15) is 11.6 Å². The first-order chi connectivity index (χ1) is 12.6. The van der Waals surface area contributed by atoms with Gasteiger partial charge >= 0.3 is 0 Å². The summed E-state index contributed by atoms with van der Waals surface area (Å²) in [5.41, 5.74) is 1.51. The predicted molar refractivity (Wildman–Crippen MR) is 97.0 cm³/mol. The van der Waals surface area contributed by atoms with Crippen LogP contribution in [-0.2, 0) is 4.79 Å². The number of rotatable bonds is 4. The van der Waals surface area contributed by atoms with Crippen LogP contribution in [0.5, 0.6) is 11.5 Å². The molecule has 0 aromatic heterocycles. The van der Waals surface area contributed by atoms with Gasteiger partial charge in [-0.2, -0.15) is 5.26 Å². The van der Waals surface area contributed by atoms with Gasteiger partial charge in [0, 0.05) is 5.69 Å². The highest BCUT2D eigenvalue weighted by atomic mass is 16.5. The highest BCUT2D eigenvalue weighted by molar-refractivity contribution is 6.07. The number of hydrogen-bond acceptors (Lipinski definition) is 6. The van der Waals surface area contributed by atoms with Crippen molar-refractivity contribution in [1.29, 1.82) is 5.26 Å². The first-order valence-corrected chi connectivity index (χ1v) is 7.98. The lowest BCUT2D eigenvalue weighted by Gasteiger charge is -2.25. The van der Waals surface area contributed by atoms with E-state index in [0.29, 0.717) is 11.7 Å². The number of nitrogens with one attached hydrogen (secondary N) is 2.